The highest BCUT2D eigenvalue weighted by Crippen LogP contribution is 2.21. The van der Waals surface area contributed by atoms with Crippen LogP contribution in [0.15, 0.2) is 36.4 Å². The molecule has 114 valence electrons. The van der Waals surface area contributed by atoms with Crippen LogP contribution < -0.4 is 10.2 Å². The maximum atomic E-state index is 12.9. The maximum absolute atomic E-state index is 12.9. The molecule has 1 heterocycles. The van der Waals surface area contributed by atoms with Crippen molar-refractivity contribution in [1.82, 2.24) is 5.32 Å². The van der Waals surface area contributed by atoms with E-state index in [0.29, 0.717) is 5.92 Å². The highest BCUT2D eigenvalue weighted by Gasteiger charge is 2.05. The van der Waals surface area contributed by atoms with E-state index in [0.717, 1.165) is 25.3 Å². The molecule has 2 aromatic rings. The Bertz CT molecular complexity index is 548. The number of rotatable bonds is 7. The molecule has 0 radical (unpaired) electrons. The van der Waals surface area contributed by atoms with E-state index in [9.17, 15) is 4.39 Å². The molecule has 1 N–H and O–H groups in total. The van der Waals surface area contributed by atoms with Crippen LogP contribution in [0.2, 0.25) is 0 Å². The molecule has 0 saturated heterocycles. The maximum Gasteiger partial charge on any atom is 0.123 e. The van der Waals surface area contributed by atoms with Crippen LogP contribution in [0.4, 0.5) is 10.1 Å². The van der Waals surface area contributed by atoms with E-state index >= 15 is 0 Å². The molecule has 0 bridgehead atoms. The zero-order chi connectivity index (χ0) is 15.2. The molecule has 0 spiro atoms. The van der Waals surface area contributed by atoms with Gasteiger partial charge in [-0.3, -0.25) is 0 Å². The molecule has 0 saturated carbocycles. The minimum absolute atomic E-state index is 0.193. The van der Waals surface area contributed by atoms with Gasteiger partial charge in [0.2, 0.25) is 0 Å². The Kier molecular flexibility index (Phi) is 5.76. The minimum Gasteiger partial charge on any atom is -0.369 e. The molecule has 0 unspecified atom stereocenters. The molecule has 1 aromatic carbocycles. The summed E-state index contributed by atoms with van der Waals surface area (Å²) in [6.45, 7) is 7.25. The SMILES string of the molecule is CC(C)CNCc1ccc(CN(C)c2ccc(F)cc2)s1. The van der Waals surface area contributed by atoms with Crippen LogP contribution in [0.5, 0.6) is 0 Å². The van der Waals surface area contributed by atoms with Gasteiger partial charge in [0, 0.05) is 29.0 Å². The Morgan fingerprint density at radius 2 is 1.76 bits per heavy atom. The molecule has 21 heavy (non-hydrogen) atoms. The third-order valence-corrected chi connectivity index (χ3v) is 4.30. The highest BCUT2D eigenvalue weighted by atomic mass is 32.1. The van der Waals surface area contributed by atoms with Crippen molar-refractivity contribution in [2.24, 2.45) is 5.92 Å². The quantitative estimate of drug-likeness (QED) is 0.822. The van der Waals surface area contributed by atoms with Crippen LogP contribution >= 0.6 is 11.3 Å². The van der Waals surface area contributed by atoms with Crippen LogP contribution in [0.3, 0.4) is 0 Å². The smallest absolute Gasteiger partial charge is 0.123 e. The number of anilines is 1. The van der Waals surface area contributed by atoms with Gasteiger partial charge >= 0.3 is 0 Å². The van der Waals surface area contributed by atoms with E-state index in [1.807, 2.05) is 30.5 Å². The first kappa shape index (κ1) is 16.0. The summed E-state index contributed by atoms with van der Waals surface area (Å²) in [5.41, 5.74) is 1.03. The van der Waals surface area contributed by atoms with E-state index in [1.165, 1.54) is 21.9 Å². The summed E-state index contributed by atoms with van der Waals surface area (Å²) >= 11 is 1.83. The molecule has 0 atom stereocenters. The molecular formula is C17H23FN2S. The minimum atomic E-state index is -0.193. The van der Waals surface area contributed by atoms with Gasteiger partial charge in [0.25, 0.3) is 0 Å². The van der Waals surface area contributed by atoms with Crippen LogP contribution in [-0.2, 0) is 13.1 Å². The number of hydrogen-bond donors (Lipinski definition) is 1. The van der Waals surface area contributed by atoms with Gasteiger partial charge in [-0.25, -0.2) is 4.39 Å². The van der Waals surface area contributed by atoms with Gasteiger partial charge in [-0.1, -0.05) is 13.8 Å². The lowest BCUT2D eigenvalue weighted by molar-refractivity contribution is 0.555. The summed E-state index contributed by atoms with van der Waals surface area (Å²) < 4.78 is 12.9. The fourth-order valence-corrected chi connectivity index (χ4v) is 3.15. The molecule has 4 heteroatoms. The number of nitrogens with one attached hydrogen (secondary N) is 1. The standard InChI is InChI=1S/C17H23FN2S/c1-13(2)10-19-11-16-8-9-17(21-16)12-20(3)15-6-4-14(18)5-7-15/h4-9,13,19H,10-12H2,1-3H3. The molecule has 1 aromatic heterocycles. The lowest BCUT2D eigenvalue weighted by atomic mass is 10.2. The first-order chi connectivity index (χ1) is 10.0. The number of benzene rings is 1. The normalized spacial score (nSPS) is 11.1. The number of hydrogen-bond acceptors (Lipinski definition) is 3. The topological polar surface area (TPSA) is 15.3 Å². The van der Waals surface area contributed by atoms with E-state index in [1.54, 1.807) is 0 Å². The number of halogens is 1. The van der Waals surface area contributed by atoms with Crippen molar-refractivity contribution in [2.45, 2.75) is 26.9 Å². The second kappa shape index (κ2) is 7.57. The molecule has 0 amide bonds. The van der Waals surface area contributed by atoms with Gasteiger partial charge in [-0.05, 0) is 48.9 Å². The Hall–Kier alpha value is -1.39. The summed E-state index contributed by atoms with van der Waals surface area (Å²) in [5.74, 6) is 0.482. The van der Waals surface area contributed by atoms with Crippen LogP contribution in [0.1, 0.15) is 23.6 Å². The monoisotopic (exact) mass is 306 g/mol. The summed E-state index contributed by atoms with van der Waals surface area (Å²) in [6.07, 6.45) is 0. The third-order valence-electron chi connectivity index (χ3n) is 3.23. The van der Waals surface area contributed by atoms with E-state index in [2.05, 4.69) is 36.2 Å². The zero-order valence-electron chi connectivity index (χ0n) is 12.9. The Labute approximate surface area is 130 Å². The van der Waals surface area contributed by atoms with Crippen molar-refractivity contribution >= 4 is 17.0 Å². The van der Waals surface area contributed by atoms with Crippen molar-refractivity contribution in [3.63, 3.8) is 0 Å². The third kappa shape index (κ3) is 5.14. The van der Waals surface area contributed by atoms with Crippen molar-refractivity contribution in [3.8, 4) is 0 Å². The summed E-state index contributed by atoms with van der Waals surface area (Å²) in [7, 11) is 2.03. The molecular weight excluding hydrogens is 283 g/mol. The summed E-state index contributed by atoms with van der Waals surface area (Å²) in [5, 5.41) is 3.46. The first-order valence-electron chi connectivity index (χ1n) is 7.29. The van der Waals surface area contributed by atoms with Gasteiger partial charge in [-0.15, -0.1) is 11.3 Å². The first-order valence-corrected chi connectivity index (χ1v) is 8.11. The van der Waals surface area contributed by atoms with Crippen LogP contribution in [0.25, 0.3) is 0 Å². The van der Waals surface area contributed by atoms with Crippen LogP contribution in [-0.4, -0.2) is 13.6 Å². The predicted octanol–water partition coefficient (Wildman–Crippen LogP) is 4.27. The molecule has 2 nitrogen and oxygen atoms in total. The molecule has 0 fully saturated rings. The van der Waals surface area contributed by atoms with Crippen molar-refractivity contribution in [2.75, 3.05) is 18.5 Å². The average Bonchev–Trinajstić information content (AvgIpc) is 2.86. The average molecular weight is 306 g/mol. The Balaban J connectivity index is 1.88. The van der Waals surface area contributed by atoms with Gasteiger partial charge in [-0.2, -0.15) is 0 Å². The Morgan fingerprint density at radius 1 is 1.10 bits per heavy atom. The summed E-state index contributed by atoms with van der Waals surface area (Å²) in [4.78, 5) is 4.82. The highest BCUT2D eigenvalue weighted by molar-refractivity contribution is 7.12. The molecule has 0 aliphatic heterocycles. The van der Waals surface area contributed by atoms with Crippen LogP contribution in [0, 0.1) is 11.7 Å². The van der Waals surface area contributed by atoms with Gasteiger partial charge < -0.3 is 10.2 Å². The number of nitrogens with zero attached hydrogens (tertiary/aromatic N) is 1. The fraction of sp³-hybridized carbons (Fsp3) is 0.412. The second-order valence-corrected chi connectivity index (χ2v) is 6.98. The number of thiophene rings is 1. The lowest BCUT2D eigenvalue weighted by Gasteiger charge is -2.18. The van der Waals surface area contributed by atoms with Gasteiger partial charge in [0.1, 0.15) is 5.82 Å². The Morgan fingerprint density at radius 3 is 2.43 bits per heavy atom. The molecule has 0 aliphatic rings. The van der Waals surface area contributed by atoms with E-state index in [-0.39, 0.29) is 5.82 Å². The van der Waals surface area contributed by atoms with Crippen molar-refractivity contribution < 1.29 is 4.39 Å². The molecule has 0 aliphatic carbocycles. The van der Waals surface area contributed by atoms with Crippen molar-refractivity contribution in [1.29, 1.82) is 0 Å². The largest absolute Gasteiger partial charge is 0.369 e. The van der Waals surface area contributed by atoms with Gasteiger partial charge in [0.05, 0.1) is 6.54 Å². The van der Waals surface area contributed by atoms with E-state index < -0.39 is 0 Å². The van der Waals surface area contributed by atoms with Crippen molar-refractivity contribution in [3.05, 3.63) is 52.0 Å². The van der Waals surface area contributed by atoms with E-state index in [4.69, 9.17) is 0 Å². The fourth-order valence-electron chi connectivity index (χ4n) is 2.11. The zero-order valence-corrected chi connectivity index (χ0v) is 13.7. The lowest BCUT2D eigenvalue weighted by Crippen LogP contribution is -2.18. The molecule has 2 rings (SSSR count). The predicted molar refractivity (Wildman–Crippen MR) is 89.4 cm³/mol. The van der Waals surface area contributed by atoms with Gasteiger partial charge in [0.15, 0.2) is 0 Å². The second-order valence-electron chi connectivity index (χ2n) is 5.73. The summed E-state index contributed by atoms with van der Waals surface area (Å²) in [6, 6.07) is 11.0.